The van der Waals surface area contributed by atoms with E-state index in [1.54, 1.807) is 0 Å². The lowest BCUT2D eigenvalue weighted by molar-refractivity contribution is -0.00834. The van der Waals surface area contributed by atoms with Gasteiger partial charge in [0.1, 0.15) is 0 Å². The molecule has 5 nitrogen and oxygen atoms in total. The van der Waals surface area contributed by atoms with Crippen molar-refractivity contribution in [2.24, 2.45) is 4.99 Å². The Balaban J connectivity index is 1.91. The second kappa shape index (κ2) is 9.39. The minimum absolute atomic E-state index is 0.0670. The number of benzene rings is 1. The molecule has 2 rings (SSSR count). The summed E-state index contributed by atoms with van der Waals surface area (Å²) in [5.74, 6) is 0.863. The van der Waals surface area contributed by atoms with Gasteiger partial charge in [-0.1, -0.05) is 28.1 Å². The molecule has 24 heavy (non-hydrogen) atoms. The number of morpholine rings is 1. The topological polar surface area (TPSA) is 48.9 Å². The zero-order valence-electron chi connectivity index (χ0n) is 14.9. The van der Waals surface area contributed by atoms with Crippen LogP contribution in [0.3, 0.4) is 0 Å². The molecule has 1 heterocycles. The highest BCUT2D eigenvalue weighted by Gasteiger charge is 2.28. The summed E-state index contributed by atoms with van der Waals surface area (Å²) in [5.41, 5.74) is 1.26. The average molecular weight is 397 g/mol. The maximum Gasteiger partial charge on any atom is 0.191 e. The molecule has 2 N–H and O–H groups in total. The second-order valence-corrected chi connectivity index (χ2v) is 7.50. The predicted molar refractivity (Wildman–Crippen MR) is 103 cm³/mol. The van der Waals surface area contributed by atoms with E-state index in [1.165, 1.54) is 5.56 Å². The van der Waals surface area contributed by atoms with Gasteiger partial charge in [0, 0.05) is 36.2 Å². The molecule has 1 aliphatic rings. The normalized spacial score (nSPS) is 16.9. The highest BCUT2D eigenvalue weighted by molar-refractivity contribution is 9.10. The number of hydrogen-bond acceptors (Lipinski definition) is 3. The lowest BCUT2D eigenvalue weighted by Crippen LogP contribution is -2.56. The van der Waals surface area contributed by atoms with Crippen molar-refractivity contribution in [2.75, 3.05) is 39.4 Å². The molecule has 0 amide bonds. The summed E-state index contributed by atoms with van der Waals surface area (Å²) in [4.78, 5) is 7.17. The van der Waals surface area contributed by atoms with Gasteiger partial charge in [0.15, 0.2) is 5.96 Å². The Morgan fingerprint density at radius 1 is 1.21 bits per heavy atom. The van der Waals surface area contributed by atoms with Crippen molar-refractivity contribution in [1.29, 1.82) is 0 Å². The third-order valence-electron chi connectivity index (χ3n) is 4.23. The number of hydrogen-bond donors (Lipinski definition) is 2. The molecule has 1 aliphatic heterocycles. The second-order valence-electron chi connectivity index (χ2n) is 6.59. The molecule has 0 bridgehead atoms. The third-order valence-corrected chi connectivity index (χ3v) is 4.76. The van der Waals surface area contributed by atoms with Crippen LogP contribution in [0, 0.1) is 0 Å². The lowest BCUT2D eigenvalue weighted by atomic mass is 10.0. The number of halogens is 1. The minimum atomic E-state index is 0.0670. The lowest BCUT2D eigenvalue weighted by Gasteiger charge is -2.41. The molecule has 0 radical (unpaired) electrons. The Morgan fingerprint density at radius 3 is 2.50 bits per heavy atom. The highest BCUT2D eigenvalue weighted by Crippen LogP contribution is 2.15. The SMILES string of the molecule is CCNC(=NCc1ccc(Br)cc1)NCC(C)(C)N1CCOCC1. The number of ether oxygens (including phenoxy) is 1. The smallest absolute Gasteiger partial charge is 0.191 e. The van der Waals surface area contributed by atoms with Gasteiger partial charge >= 0.3 is 0 Å². The molecule has 0 unspecified atom stereocenters. The summed E-state index contributed by atoms with van der Waals surface area (Å²) in [5, 5.41) is 6.81. The summed E-state index contributed by atoms with van der Waals surface area (Å²) in [6.07, 6.45) is 0. The van der Waals surface area contributed by atoms with E-state index >= 15 is 0 Å². The van der Waals surface area contributed by atoms with Gasteiger partial charge in [-0.2, -0.15) is 0 Å². The van der Waals surface area contributed by atoms with Gasteiger partial charge in [-0.3, -0.25) is 4.90 Å². The fraction of sp³-hybridized carbons (Fsp3) is 0.611. The molecule has 0 aromatic heterocycles. The van der Waals surface area contributed by atoms with Crippen LogP contribution >= 0.6 is 15.9 Å². The Hall–Kier alpha value is -1.11. The number of nitrogens with zero attached hydrogens (tertiary/aromatic N) is 2. The maximum absolute atomic E-state index is 5.45. The Labute approximate surface area is 154 Å². The van der Waals surface area contributed by atoms with Crippen LogP contribution in [-0.2, 0) is 11.3 Å². The van der Waals surface area contributed by atoms with E-state index in [2.05, 4.69) is 64.4 Å². The molecule has 0 spiro atoms. The Bertz CT molecular complexity index is 524. The summed E-state index contributed by atoms with van der Waals surface area (Å²) in [6, 6.07) is 8.28. The van der Waals surface area contributed by atoms with E-state index < -0.39 is 0 Å². The number of nitrogens with one attached hydrogen (secondary N) is 2. The van der Waals surface area contributed by atoms with Gasteiger partial charge in [0.25, 0.3) is 0 Å². The van der Waals surface area contributed by atoms with Gasteiger partial charge in [-0.15, -0.1) is 0 Å². The monoisotopic (exact) mass is 396 g/mol. The molecule has 1 fully saturated rings. The predicted octanol–water partition coefficient (Wildman–Crippen LogP) is 2.62. The molecular formula is C18H29BrN4O. The fourth-order valence-corrected chi connectivity index (χ4v) is 2.95. The van der Waals surface area contributed by atoms with E-state index in [9.17, 15) is 0 Å². The van der Waals surface area contributed by atoms with Crippen LogP contribution < -0.4 is 10.6 Å². The van der Waals surface area contributed by atoms with Crippen molar-refractivity contribution < 1.29 is 4.74 Å². The van der Waals surface area contributed by atoms with Crippen LogP contribution in [0.25, 0.3) is 0 Å². The molecule has 1 aromatic rings. The minimum Gasteiger partial charge on any atom is -0.379 e. The standard InChI is InChI=1S/C18H29BrN4O/c1-4-20-17(21-13-15-5-7-16(19)8-6-15)22-14-18(2,3)23-9-11-24-12-10-23/h5-8H,4,9-14H2,1-3H3,(H2,20,21,22). The highest BCUT2D eigenvalue weighted by atomic mass is 79.9. The van der Waals surface area contributed by atoms with Crippen molar-refractivity contribution in [3.8, 4) is 0 Å². The Morgan fingerprint density at radius 2 is 1.88 bits per heavy atom. The zero-order valence-corrected chi connectivity index (χ0v) is 16.5. The molecular weight excluding hydrogens is 368 g/mol. The van der Waals surface area contributed by atoms with Crippen LogP contribution in [0.15, 0.2) is 33.7 Å². The zero-order chi connectivity index (χ0) is 17.4. The first-order chi connectivity index (χ1) is 11.5. The van der Waals surface area contributed by atoms with Crippen molar-refractivity contribution in [3.63, 3.8) is 0 Å². The van der Waals surface area contributed by atoms with E-state index in [1.807, 2.05) is 12.1 Å². The van der Waals surface area contributed by atoms with E-state index in [4.69, 9.17) is 9.73 Å². The molecule has 6 heteroatoms. The number of guanidine groups is 1. The first kappa shape index (κ1) is 19.2. The molecule has 134 valence electrons. The van der Waals surface area contributed by atoms with Gasteiger partial charge in [0.2, 0.25) is 0 Å². The van der Waals surface area contributed by atoms with Crippen LogP contribution in [0.4, 0.5) is 0 Å². The summed E-state index contributed by atoms with van der Waals surface area (Å²) in [6.45, 7) is 12.6. The van der Waals surface area contributed by atoms with Crippen molar-refractivity contribution in [3.05, 3.63) is 34.3 Å². The molecule has 0 saturated carbocycles. The summed E-state index contributed by atoms with van der Waals surface area (Å²) < 4.78 is 6.54. The first-order valence-electron chi connectivity index (χ1n) is 8.60. The summed E-state index contributed by atoms with van der Waals surface area (Å²) in [7, 11) is 0. The van der Waals surface area contributed by atoms with Gasteiger partial charge in [0.05, 0.1) is 19.8 Å². The van der Waals surface area contributed by atoms with Crippen molar-refractivity contribution in [2.45, 2.75) is 32.9 Å². The quantitative estimate of drug-likeness (QED) is 0.573. The van der Waals surface area contributed by atoms with E-state index in [-0.39, 0.29) is 5.54 Å². The van der Waals surface area contributed by atoms with Crippen molar-refractivity contribution >= 4 is 21.9 Å². The molecule has 0 aliphatic carbocycles. The number of rotatable bonds is 6. The van der Waals surface area contributed by atoms with Crippen molar-refractivity contribution in [1.82, 2.24) is 15.5 Å². The van der Waals surface area contributed by atoms with Crippen LogP contribution in [-0.4, -0.2) is 55.8 Å². The molecule has 0 atom stereocenters. The van der Waals surface area contributed by atoms with Gasteiger partial charge < -0.3 is 15.4 Å². The molecule has 1 aromatic carbocycles. The third kappa shape index (κ3) is 6.07. The van der Waals surface area contributed by atoms with E-state index in [0.717, 1.165) is 49.8 Å². The first-order valence-corrected chi connectivity index (χ1v) is 9.40. The summed E-state index contributed by atoms with van der Waals surface area (Å²) >= 11 is 3.46. The maximum atomic E-state index is 5.45. The molecule has 1 saturated heterocycles. The van der Waals surface area contributed by atoms with E-state index in [0.29, 0.717) is 6.54 Å². The van der Waals surface area contributed by atoms with Crippen LogP contribution in [0.2, 0.25) is 0 Å². The van der Waals surface area contributed by atoms with Gasteiger partial charge in [-0.25, -0.2) is 4.99 Å². The fourth-order valence-electron chi connectivity index (χ4n) is 2.68. The largest absolute Gasteiger partial charge is 0.379 e. The van der Waals surface area contributed by atoms with Gasteiger partial charge in [-0.05, 0) is 38.5 Å². The van der Waals surface area contributed by atoms with Crippen LogP contribution in [0.1, 0.15) is 26.3 Å². The number of aliphatic imine (C=N–C) groups is 1. The Kier molecular flexibility index (Phi) is 7.52. The average Bonchev–Trinajstić information content (AvgIpc) is 2.59. The van der Waals surface area contributed by atoms with Crippen LogP contribution in [0.5, 0.6) is 0 Å².